The van der Waals surface area contributed by atoms with Gasteiger partial charge < -0.3 is 4.74 Å². The number of hydrogen-bond acceptors (Lipinski definition) is 3. The van der Waals surface area contributed by atoms with Crippen LogP contribution < -0.4 is 9.75 Å². The molecule has 3 aromatic rings. The standard InChI is InChI=1S/C22H17BrCl2N2O/c1-28-18-9-4-14(5-10-18)20-13-21(15-2-6-16(23)7-3-15)27(26-20)22-12-17(24)8-11-19(22)25/h2-12,21H,13H2,1H3/t21-/m1/s1. The largest absolute Gasteiger partial charge is 0.497 e. The van der Waals surface area contributed by atoms with Crippen molar-refractivity contribution in [3.8, 4) is 5.75 Å². The second-order valence-electron chi connectivity index (χ2n) is 6.49. The van der Waals surface area contributed by atoms with E-state index >= 15 is 0 Å². The number of anilines is 1. The van der Waals surface area contributed by atoms with Gasteiger partial charge in [-0.05, 0) is 65.7 Å². The van der Waals surface area contributed by atoms with Crippen molar-refractivity contribution in [2.24, 2.45) is 5.10 Å². The molecule has 1 atom stereocenters. The minimum atomic E-state index is 0.0289. The summed E-state index contributed by atoms with van der Waals surface area (Å²) < 4.78 is 6.31. The summed E-state index contributed by atoms with van der Waals surface area (Å²) in [7, 11) is 1.66. The molecule has 0 saturated carbocycles. The molecule has 0 N–H and O–H groups in total. The third-order valence-corrected chi connectivity index (χ3v) is 5.83. The Morgan fingerprint density at radius 2 is 1.71 bits per heavy atom. The van der Waals surface area contributed by atoms with E-state index in [4.69, 9.17) is 33.0 Å². The van der Waals surface area contributed by atoms with Crippen molar-refractivity contribution in [2.45, 2.75) is 12.5 Å². The van der Waals surface area contributed by atoms with Gasteiger partial charge in [-0.25, -0.2) is 0 Å². The van der Waals surface area contributed by atoms with E-state index in [-0.39, 0.29) is 6.04 Å². The predicted molar refractivity (Wildman–Crippen MR) is 120 cm³/mol. The van der Waals surface area contributed by atoms with Gasteiger partial charge in [-0.15, -0.1) is 0 Å². The fourth-order valence-electron chi connectivity index (χ4n) is 3.30. The summed E-state index contributed by atoms with van der Waals surface area (Å²) in [5.74, 6) is 0.821. The lowest BCUT2D eigenvalue weighted by Crippen LogP contribution is -2.18. The molecule has 0 bridgehead atoms. The third kappa shape index (κ3) is 3.90. The lowest BCUT2D eigenvalue weighted by molar-refractivity contribution is 0.415. The van der Waals surface area contributed by atoms with E-state index < -0.39 is 0 Å². The topological polar surface area (TPSA) is 24.8 Å². The summed E-state index contributed by atoms with van der Waals surface area (Å²) in [4.78, 5) is 0. The van der Waals surface area contributed by atoms with Crippen molar-refractivity contribution in [2.75, 3.05) is 12.1 Å². The molecule has 0 aromatic heterocycles. The molecule has 1 aliphatic heterocycles. The van der Waals surface area contributed by atoms with Crippen molar-refractivity contribution in [3.05, 3.63) is 92.4 Å². The van der Waals surface area contributed by atoms with Gasteiger partial charge >= 0.3 is 0 Å². The zero-order valence-corrected chi connectivity index (χ0v) is 18.2. The van der Waals surface area contributed by atoms with Gasteiger partial charge in [-0.2, -0.15) is 5.10 Å². The van der Waals surface area contributed by atoms with Crippen LogP contribution in [0.3, 0.4) is 0 Å². The van der Waals surface area contributed by atoms with Crippen LogP contribution in [0, 0.1) is 0 Å². The number of benzene rings is 3. The number of rotatable bonds is 4. The molecule has 0 unspecified atom stereocenters. The first-order chi connectivity index (χ1) is 13.5. The van der Waals surface area contributed by atoms with Crippen molar-refractivity contribution in [1.82, 2.24) is 0 Å². The molecule has 0 spiro atoms. The van der Waals surface area contributed by atoms with Gasteiger partial charge in [0.25, 0.3) is 0 Å². The quantitative estimate of drug-likeness (QED) is 0.401. The molecule has 3 nitrogen and oxygen atoms in total. The van der Waals surface area contributed by atoms with Crippen LogP contribution in [0.25, 0.3) is 0 Å². The van der Waals surface area contributed by atoms with Gasteiger partial charge in [0.15, 0.2) is 0 Å². The molecular formula is C22H17BrCl2N2O. The first-order valence-electron chi connectivity index (χ1n) is 8.77. The number of ether oxygens (including phenoxy) is 1. The highest BCUT2D eigenvalue weighted by Gasteiger charge is 2.31. The molecule has 1 heterocycles. The molecule has 28 heavy (non-hydrogen) atoms. The Balaban J connectivity index is 1.77. The number of hydrazone groups is 1. The minimum Gasteiger partial charge on any atom is -0.497 e. The summed E-state index contributed by atoms with van der Waals surface area (Å²) >= 11 is 16.2. The van der Waals surface area contributed by atoms with Gasteiger partial charge in [0, 0.05) is 15.9 Å². The summed E-state index contributed by atoms with van der Waals surface area (Å²) in [6, 6.07) is 21.7. The number of hydrogen-bond donors (Lipinski definition) is 0. The van der Waals surface area contributed by atoms with Crippen molar-refractivity contribution >= 4 is 50.5 Å². The first kappa shape index (κ1) is 19.3. The Bertz CT molecular complexity index is 1020. The van der Waals surface area contributed by atoms with Crippen LogP contribution in [0.1, 0.15) is 23.6 Å². The second-order valence-corrected chi connectivity index (χ2v) is 8.25. The Kier molecular flexibility index (Phi) is 5.63. The van der Waals surface area contributed by atoms with Crippen molar-refractivity contribution < 1.29 is 4.74 Å². The van der Waals surface area contributed by atoms with Crippen LogP contribution in [0.2, 0.25) is 10.0 Å². The highest BCUT2D eigenvalue weighted by Crippen LogP contribution is 2.41. The van der Waals surface area contributed by atoms with Gasteiger partial charge in [0.1, 0.15) is 5.75 Å². The molecule has 0 saturated heterocycles. The van der Waals surface area contributed by atoms with Crippen LogP contribution >= 0.6 is 39.1 Å². The minimum absolute atomic E-state index is 0.0289. The van der Waals surface area contributed by atoms with Crippen molar-refractivity contribution in [3.63, 3.8) is 0 Å². The third-order valence-electron chi connectivity index (χ3n) is 4.74. The normalized spacial score (nSPS) is 16.2. The van der Waals surface area contributed by atoms with E-state index in [1.807, 2.05) is 47.5 Å². The number of halogens is 3. The predicted octanol–water partition coefficient (Wildman–Crippen LogP) is 7.12. The molecule has 0 amide bonds. The van der Waals surface area contributed by atoms with Gasteiger partial charge in [-0.3, -0.25) is 5.01 Å². The van der Waals surface area contributed by atoms with Gasteiger partial charge in [-0.1, -0.05) is 51.3 Å². The SMILES string of the molecule is COc1ccc(C2=NN(c3cc(Cl)ccc3Cl)[C@@H](c3ccc(Br)cc3)C2)cc1. The molecule has 0 radical (unpaired) electrons. The van der Waals surface area contributed by atoms with Gasteiger partial charge in [0.2, 0.25) is 0 Å². The van der Waals surface area contributed by atoms with Gasteiger partial charge in [0.05, 0.1) is 29.6 Å². The van der Waals surface area contributed by atoms with Crippen LogP contribution in [0.15, 0.2) is 76.3 Å². The summed E-state index contributed by atoms with van der Waals surface area (Å²) in [5, 5.41) is 8.13. The van der Waals surface area contributed by atoms with E-state index in [2.05, 4.69) is 28.1 Å². The fourth-order valence-corrected chi connectivity index (χ4v) is 3.93. The van der Waals surface area contributed by atoms with Crippen LogP contribution in [-0.2, 0) is 0 Å². The zero-order chi connectivity index (χ0) is 19.7. The monoisotopic (exact) mass is 474 g/mol. The van der Waals surface area contributed by atoms with Crippen molar-refractivity contribution in [1.29, 1.82) is 0 Å². The number of methoxy groups -OCH3 is 1. The molecule has 3 aromatic carbocycles. The maximum Gasteiger partial charge on any atom is 0.118 e. The molecule has 4 rings (SSSR count). The smallest absolute Gasteiger partial charge is 0.118 e. The first-order valence-corrected chi connectivity index (χ1v) is 10.3. The summed E-state index contributed by atoms with van der Waals surface area (Å²) in [6.45, 7) is 0. The average Bonchev–Trinajstić information content (AvgIpc) is 3.15. The van der Waals surface area contributed by atoms with E-state index in [1.54, 1.807) is 19.2 Å². The highest BCUT2D eigenvalue weighted by molar-refractivity contribution is 9.10. The Morgan fingerprint density at radius 1 is 1.00 bits per heavy atom. The van der Waals surface area contributed by atoms with E-state index in [0.717, 1.165) is 39.2 Å². The van der Waals surface area contributed by atoms with E-state index in [9.17, 15) is 0 Å². The molecule has 0 fully saturated rings. The molecule has 1 aliphatic rings. The number of nitrogens with zero attached hydrogens (tertiary/aromatic N) is 2. The maximum atomic E-state index is 6.49. The zero-order valence-electron chi connectivity index (χ0n) is 15.1. The summed E-state index contributed by atoms with van der Waals surface area (Å²) in [5.41, 5.74) is 4.01. The summed E-state index contributed by atoms with van der Waals surface area (Å²) in [6.07, 6.45) is 0.761. The Labute approximate surface area is 182 Å². The maximum absolute atomic E-state index is 6.49. The molecule has 6 heteroatoms. The molecule has 0 aliphatic carbocycles. The van der Waals surface area contributed by atoms with E-state index in [1.165, 1.54) is 0 Å². The van der Waals surface area contributed by atoms with Crippen LogP contribution in [0.5, 0.6) is 5.75 Å². The Morgan fingerprint density at radius 3 is 2.39 bits per heavy atom. The van der Waals surface area contributed by atoms with Crippen LogP contribution in [0.4, 0.5) is 5.69 Å². The highest BCUT2D eigenvalue weighted by atomic mass is 79.9. The average molecular weight is 476 g/mol. The van der Waals surface area contributed by atoms with E-state index in [0.29, 0.717) is 10.0 Å². The lowest BCUT2D eigenvalue weighted by Gasteiger charge is -2.25. The molecule has 142 valence electrons. The molecular weight excluding hydrogens is 459 g/mol. The van der Waals surface area contributed by atoms with Crippen LogP contribution in [-0.4, -0.2) is 12.8 Å². The second kappa shape index (κ2) is 8.16. The fraction of sp³-hybridized carbons (Fsp3) is 0.136. The Hall–Kier alpha value is -2.01. The lowest BCUT2D eigenvalue weighted by atomic mass is 9.98.